The van der Waals surface area contributed by atoms with E-state index in [2.05, 4.69) is 22.0 Å². The second-order valence-electron chi connectivity index (χ2n) is 4.04. The number of hydrogen-bond donors (Lipinski definition) is 1. The summed E-state index contributed by atoms with van der Waals surface area (Å²) in [6.07, 6.45) is 6.57. The van der Waals surface area contributed by atoms with Gasteiger partial charge in [-0.05, 0) is 19.4 Å². The summed E-state index contributed by atoms with van der Waals surface area (Å²) in [6, 6.07) is 1.61. The minimum Gasteiger partial charge on any atom is -0.319 e. The zero-order valence-corrected chi connectivity index (χ0v) is 10.2. The Morgan fingerprint density at radius 2 is 2.29 bits per heavy atom. The first-order valence-corrected chi connectivity index (χ1v) is 5.78. The highest BCUT2D eigenvalue weighted by atomic mass is 15.3. The predicted molar refractivity (Wildman–Crippen MR) is 65.3 cm³/mol. The minimum atomic E-state index is -0.234. The van der Waals surface area contributed by atoms with E-state index in [0.717, 1.165) is 30.0 Å². The summed E-state index contributed by atoms with van der Waals surface area (Å²) in [6.45, 7) is 4.89. The molecule has 1 atom stereocenters. The van der Waals surface area contributed by atoms with Crippen LogP contribution in [0.15, 0.2) is 24.7 Å². The number of hydrogen-bond acceptors (Lipinski definition) is 4. The largest absolute Gasteiger partial charge is 0.319 e. The van der Waals surface area contributed by atoms with Crippen LogP contribution in [0.25, 0.3) is 0 Å². The lowest BCUT2D eigenvalue weighted by molar-refractivity contribution is 0.601. The predicted octanol–water partition coefficient (Wildman–Crippen LogP) is 1.44. The quantitative estimate of drug-likeness (QED) is 0.864. The van der Waals surface area contributed by atoms with Crippen molar-refractivity contribution in [3.63, 3.8) is 0 Å². The molecule has 2 aromatic rings. The van der Waals surface area contributed by atoms with E-state index in [1.807, 2.05) is 23.9 Å². The van der Waals surface area contributed by atoms with Gasteiger partial charge in [0.1, 0.15) is 5.82 Å². The molecule has 0 aromatic carbocycles. The van der Waals surface area contributed by atoms with Crippen LogP contribution >= 0.6 is 0 Å². The van der Waals surface area contributed by atoms with Gasteiger partial charge in [-0.2, -0.15) is 5.10 Å². The average molecular weight is 231 g/mol. The molecular formula is C12H17N5. The summed E-state index contributed by atoms with van der Waals surface area (Å²) < 4.78 is 1.91. The van der Waals surface area contributed by atoms with Crippen LogP contribution < -0.4 is 5.73 Å². The van der Waals surface area contributed by atoms with E-state index in [0.29, 0.717) is 0 Å². The van der Waals surface area contributed by atoms with Gasteiger partial charge in [0.25, 0.3) is 0 Å². The third-order valence-corrected chi connectivity index (χ3v) is 2.58. The molecule has 90 valence electrons. The monoisotopic (exact) mass is 231 g/mol. The van der Waals surface area contributed by atoms with Crippen LogP contribution in [0.4, 0.5) is 0 Å². The van der Waals surface area contributed by atoms with Crippen molar-refractivity contribution in [1.82, 2.24) is 19.7 Å². The first kappa shape index (κ1) is 11.7. The maximum Gasteiger partial charge on any atom is 0.125 e. The van der Waals surface area contributed by atoms with Crippen molar-refractivity contribution in [2.75, 3.05) is 0 Å². The third kappa shape index (κ3) is 2.68. The van der Waals surface area contributed by atoms with Gasteiger partial charge in [-0.3, -0.25) is 4.68 Å². The molecule has 2 rings (SSSR count). The number of nitrogens with zero attached hydrogens (tertiary/aromatic N) is 4. The van der Waals surface area contributed by atoms with E-state index >= 15 is 0 Å². The topological polar surface area (TPSA) is 69.6 Å². The van der Waals surface area contributed by atoms with Gasteiger partial charge in [0, 0.05) is 24.5 Å². The zero-order valence-electron chi connectivity index (χ0n) is 10.2. The molecule has 2 aromatic heterocycles. The first-order chi connectivity index (χ1) is 8.20. The molecule has 0 amide bonds. The van der Waals surface area contributed by atoms with Crippen molar-refractivity contribution >= 4 is 0 Å². The Labute approximate surface area is 101 Å². The van der Waals surface area contributed by atoms with Crippen LogP contribution in [0.1, 0.15) is 36.5 Å². The molecule has 0 radical (unpaired) electrons. The lowest BCUT2D eigenvalue weighted by atomic mass is 10.1. The number of nitrogens with two attached hydrogens (primary N) is 1. The summed E-state index contributed by atoms with van der Waals surface area (Å²) in [5.74, 6) is 0.735. The van der Waals surface area contributed by atoms with E-state index in [9.17, 15) is 0 Å². The molecule has 0 aliphatic carbocycles. The highest BCUT2D eigenvalue weighted by molar-refractivity contribution is 5.22. The van der Waals surface area contributed by atoms with Crippen molar-refractivity contribution in [1.29, 1.82) is 0 Å². The van der Waals surface area contributed by atoms with Crippen LogP contribution in [0, 0.1) is 6.92 Å². The molecule has 0 aliphatic rings. The van der Waals surface area contributed by atoms with Crippen LogP contribution in [-0.2, 0) is 6.54 Å². The molecule has 0 fully saturated rings. The first-order valence-electron chi connectivity index (χ1n) is 5.78. The highest BCUT2D eigenvalue weighted by Crippen LogP contribution is 2.16. The summed E-state index contributed by atoms with van der Waals surface area (Å²) in [4.78, 5) is 8.39. The average Bonchev–Trinajstić information content (AvgIpc) is 2.77. The van der Waals surface area contributed by atoms with Gasteiger partial charge in [0.15, 0.2) is 0 Å². The van der Waals surface area contributed by atoms with E-state index in [-0.39, 0.29) is 6.04 Å². The fourth-order valence-electron chi connectivity index (χ4n) is 1.71. The summed E-state index contributed by atoms with van der Waals surface area (Å²) in [7, 11) is 0. The van der Waals surface area contributed by atoms with Gasteiger partial charge in [0.05, 0.1) is 17.9 Å². The SMILES string of the molecule is CCCn1cc(C(N)c2ccnc(C)n2)cn1. The van der Waals surface area contributed by atoms with Crippen molar-refractivity contribution < 1.29 is 0 Å². The lowest BCUT2D eigenvalue weighted by Gasteiger charge is -2.08. The Balaban J connectivity index is 2.21. The fourth-order valence-corrected chi connectivity index (χ4v) is 1.71. The van der Waals surface area contributed by atoms with Gasteiger partial charge in [-0.1, -0.05) is 6.92 Å². The normalized spacial score (nSPS) is 12.6. The smallest absolute Gasteiger partial charge is 0.125 e. The molecule has 0 bridgehead atoms. The standard InChI is InChI=1S/C12H17N5/c1-3-6-17-8-10(7-15-17)12(13)11-4-5-14-9(2)16-11/h4-5,7-8,12H,3,6,13H2,1-2H3. The number of aromatic nitrogens is 4. The van der Waals surface area contributed by atoms with E-state index < -0.39 is 0 Å². The molecule has 2 heterocycles. The molecule has 0 saturated heterocycles. The maximum atomic E-state index is 6.15. The molecule has 5 nitrogen and oxygen atoms in total. The third-order valence-electron chi connectivity index (χ3n) is 2.58. The van der Waals surface area contributed by atoms with Gasteiger partial charge >= 0.3 is 0 Å². The highest BCUT2D eigenvalue weighted by Gasteiger charge is 2.12. The Morgan fingerprint density at radius 3 is 3.00 bits per heavy atom. The van der Waals surface area contributed by atoms with E-state index in [4.69, 9.17) is 5.73 Å². The molecule has 5 heteroatoms. The van der Waals surface area contributed by atoms with Crippen LogP contribution in [0.2, 0.25) is 0 Å². The molecule has 17 heavy (non-hydrogen) atoms. The Morgan fingerprint density at radius 1 is 1.47 bits per heavy atom. The Bertz CT molecular complexity index is 491. The molecular weight excluding hydrogens is 214 g/mol. The van der Waals surface area contributed by atoms with E-state index in [1.165, 1.54) is 0 Å². The second kappa shape index (κ2) is 5.05. The maximum absolute atomic E-state index is 6.15. The Kier molecular flexibility index (Phi) is 3.49. The van der Waals surface area contributed by atoms with Crippen LogP contribution in [0.3, 0.4) is 0 Å². The van der Waals surface area contributed by atoms with Gasteiger partial charge < -0.3 is 5.73 Å². The van der Waals surface area contributed by atoms with E-state index in [1.54, 1.807) is 12.4 Å². The van der Waals surface area contributed by atoms with Gasteiger partial charge in [-0.15, -0.1) is 0 Å². The lowest BCUT2D eigenvalue weighted by Crippen LogP contribution is -2.13. The van der Waals surface area contributed by atoms with Crippen molar-refractivity contribution in [3.8, 4) is 0 Å². The van der Waals surface area contributed by atoms with Crippen molar-refractivity contribution in [2.45, 2.75) is 32.9 Å². The molecule has 2 N–H and O–H groups in total. The van der Waals surface area contributed by atoms with Crippen molar-refractivity contribution in [3.05, 3.63) is 41.7 Å². The molecule has 0 aliphatic heterocycles. The summed E-state index contributed by atoms with van der Waals surface area (Å²) in [5.41, 5.74) is 7.96. The van der Waals surface area contributed by atoms with Crippen molar-refractivity contribution in [2.24, 2.45) is 5.73 Å². The van der Waals surface area contributed by atoms with Gasteiger partial charge in [0.2, 0.25) is 0 Å². The van der Waals surface area contributed by atoms with Crippen LogP contribution in [-0.4, -0.2) is 19.7 Å². The Hall–Kier alpha value is -1.75. The minimum absolute atomic E-state index is 0.234. The molecule has 0 saturated carbocycles. The number of aryl methyl sites for hydroxylation is 2. The summed E-state index contributed by atoms with van der Waals surface area (Å²) >= 11 is 0. The van der Waals surface area contributed by atoms with Crippen LogP contribution in [0.5, 0.6) is 0 Å². The fraction of sp³-hybridized carbons (Fsp3) is 0.417. The van der Waals surface area contributed by atoms with Gasteiger partial charge in [-0.25, -0.2) is 9.97 Å². The second-order valence-corrected chi connectivity index (χ2v) is 4.04. The summed E-state index contributed by atoms with van der Waals surface area (Å²) in [5, 5.41) is 4.27. The zero-order chi connectivity index (χ0) is 12.3. The molecule has 1 unspecified atom stereocenters. The molecule has 0 spiro atoms. The number of rotatable bonds is 4.